The molecule has 0 radical (unpaired) electrons. The number of unbranched alkanes of at least 4 members (excludes halogenated alkanes) is 5. The van der Waals surface area contributed by atoms with Crippen molar-refractivity contribution in [3.05, 3.63) is 83.6 Å². The van der Waals surface area contributed by atoms with E-state index in [-0.39, 0.29) is 47.1 Å². The van der Waals surface area contributed by atoms with Gasteiger partial charge in [-0.05, 0) is 107 Å². The number of nitrogens with zero attached hydrogens (tertiary/aromatic N) is 2. The number of hydrogen-bond donors (Lipinski definition) is 5. The molecule has 5 N–H and O–H groups in total. The highest BCUT2D eigenvalue weighted by Gasteiger charge is 2.48. The van der Waals surface area contributed by atoms with Gasteiger partial charge in [0, 0.05) is 59.6 Å². The number of allylic oxidation sites excluding steroid dienone is 6. The van der Waals surface area contributed by atoms with Gasteiger partial charge in [-0.3, -0.25) is 22.6 Å². The average Bonchev–Trinajstić information content (AvgIpc) is 3.58. The highest BCUT2D eigenvalue weighted by Crippen LogP contribution is 2.51. The fourth-order valence-corrected chi connectivity index (χ4v) is 11.3. The Kier molecular flexibility index (Phi) is 18.6. The van der Waals surface area contributed by atoms with Crippen LogP contribution in [0.3, 0.4) is 0 Å². The van der Waals surface area contributed by atoms with Gasteiger partial charge >= 0.3 is 5.97 Å². The second-order valence-corrected chi connectivity index (χ2v) is 23.8. The molecular weight excluding hydrogens is 949 g/mol. The fourth-order valence-electron chi connectivity index (χ4n) is 8.57. The van der Waals surface area contributed by atoms with Gasteiger partial charge in [0.1, 0.15) is 6.54 Å². The first-order chi connectivity index (χ1) is 30.2. The molecule has 18 nitrogen and oxygen atoms in total. The fraction of sp³-hybridized carbons (Fsp3) is 0.524. The maximum atomic E-state index is 12.3. The predicted molar refractivity (Wildman–Crippen MR) is 247 cm³/mol. The van der Waals surface area contributed by atoms with Crippen molar-refractivity contribution in [1.82, 2.24) is 0 Å². The largest absolute Gasteiger partial charge is 0.481 e. The zero-order valence-corrected chi connectivity index (χ0v) is 40.6. The summed E-state index contributed by atoms with van der Waals surface area (Å²) in [5.41, 5.74) is 1.97. The maximum absolute atomic E-state index is 12.3. The second kappa shape index (κ2) is 22.4. The summed E-state index contributed by atoms with van der Waals surface area (Å²) in [6.45, 7) is 4.45. The first kappa shape index (κ1) is 54.0. The van der Waals surface area contributed by atoms with E-state index in [9.17, 15) is 60.9 Å². The van der Waals surface area contributed by atoms with Gasteiger partial charge in [-0.2, -0.15) is 38.2 Å². The van der Waals surface area contributed by atoms with Gasteiger partial charge in [0.15, 0.2) is 16.8 Å². The van der Waals surface area contributed by atoms with Crippen molar-refractivity contribution in [1.29, 1.82) is 0 Å². The van der Waals surface area contributed by atoms with E-state index in [0.29, 0.717) is 92.5 Å². The van der Waals surface area contributed by atoms with Crippen LogP contribution in [-0.4, -0.2) is 115 Å². The normalized spacial score (nSPS) is 20.4. The van der Waals surface area contributed by atoms with E-state index in [2.05, 4.69) is 4.18 Å². The van der Waals surface area contributed by atoms with Gasteiger partial charge in [-0.25, -0.2) is 4.21 Å². The van der Waals surface area contributed by atoms with Gasteiger partial charge in [0.2, 0.25) is 5.69 Å². The Morgan fingerprint density at radius 2 is 1.37 bits per heavy atom. The smallest absolute Gasteiger partial charge is 0.303 e. The summed E-state index contributed by atoms with van der Waals surface area (Å²) in [7, 11) is -16.2. The molecule has 2 aliphatic heterocycles. The molecule has 0 saturated heterocycles. The molecule has 2 aliphatic rings. The Morgan fingerprint density at radius 1 is 0.754 bits per heavy atom. The summed E-state index contributed by atoms with van der Waals surface area (Å²) >= 11 is -2.02. The van der Waals surface area contributed by atoms with Crippen LogP contribution in [0.2, 0.25) is 0 Å². The van der Waals surface area contributed by atoms with Crippen molar-refractivity contribution in [2.45, 2.75) is 112 Å². The van der Waals surface area contributed by atoms with Crippen molar-refractivity contribution >= 4 is 74.6 Å². The molecule has 0 fully saturated rings. The van der Waals surface area contributed by atoms with Crippen LogP contribution in [-0.2, 0) is 71.4 Å². The Labute approximate surface area is 384 Å². The van der Waals surface area contributed by atoms with Gasteiger partial charge in [0.05, 0.1) is 33.8 Å². The zero-order chi connectivity index (χ0) is 48.4. The van der Waals surface area contributed by atoms with E-state index < -0.39 is 74.1 Å². The molecule has 0 aliphatic carbocycles. The third-order valence-corrected chi connectivity index (χ3v) is 16.3. The topological polar surface area (TPSA) is 287 Å². The molecule has 3 atom stereocenters. The van der Waals surface area contributed by atoms with Crippen LogP contribution in [0.4, 0.5) is 11.4 Å². The van der Waals surface area contributed by atoms with E-state index >= 15 is 0 Å². The Balaban J connectivity index is 1.82. The van der Waals surface area contributed by atoms with Gasteiger partial charge in [-0.1, -0.05) is 31.1 Å². The van der Waals surface area contributed by atoms with E-state index in [1.54, 1.807) is 30.4 Å². The Hall–Kier alpha value is -3.65. The van der Waals surface area contributed by atoms with Crippen molar-refractivity contribution in [2.24, 2.45) is 0 Å². The first-order valence-electron chi connectivity index (χ1n) is 21.0. The van der Waals surface area contributed by atoms with E-state index in [1.165, 1.54) is 30.3 Å². The standard InChI is InChI=1S/C42H58N2O16S5/c1-41(23-9-13-27-61(47)48)34-30-32(64(54,55)56)19-21-36(34)43(25-11-5-8-18-40(45)46)38(41)16-6-4-7-17-39-42(2,24-10-14-29-63(52,53)60-3)35-31-33(65(57,58)59)20-22-37(35)44(39)26-12-15-28-62(49,50)51/h4,6-7,16-17,19-22,30-31H,5,8-15,18,23-29H2,1-3H3,(H4-,45,46,47,48,49,50,51,54,55,56,57,58,59)/p+1. The average molecular weight is 1010 g/mol. The molecule has 2 aromatic rings. The summed E-state index contributed by atoms with van der Waals surface area (Å²) in [6, 6.07) is 8.49. The Bertz CT molecular complexity index is 2680. The highest BCUT2D eigenvalue weighted by molar-refractivity contribution is 7.87. The van der Waals surface area contributed by atoms with Crippen molar-refractivity contribution in [3.8, 4) is 0 Å². The maximum Gasteiger partial charge on any atom is 0.303 e. The molecule has 0 bridgehead atoms. The van der Waals surface area contributed by atoms with Crippen LogP contribution in [0.25, 0.3) is 0 Å². The monoisotopic (exact) mass is 1010 g/mol. The summed E-state index contributed by atoms with van der Waals surface area (Å²) in [4.78, 5) is 12.4. The van der Waals surface area contributed by atoms with Crippen molar-refractivity contribution in [3.63, 3.8) is 0 Å². The van der Waals surface area contributed by atoms with Crippen LogP contribution in [0.15, 0.2) is 82.3 Å². The summed E-state index contributed by atoms with van der Waals surface area (Å²) in [6.07, 6.45) is 13.1. The lowest BCUT2D eigenvalue weighted by atomic mass is 9.75. The molecular formula is C42H59N2O16S5+. The molecule has 0 saturated carbocycles. The molecule has 3 unspecified atom stereocenters. The van der Waals surface area contributed by atoms with Crippen molar-refractivity contribution < 1.29 is 74.8 Å². The molecule has 2 aromatic carbocycles. The van der Waals surface area contributed by atoms with Crippen molar-refractivity contribution in [2.75, 3.05) is 42.4 Å². The number of carboxylic acids is 1. The van der Waals surface area contributed by atoms with E-state index in [4.69, 9.17) is 5.11 Å². The first-order valence-corrected chi connectivity index (χ1v) is 28.3. The molecule has 2 heterocycles. The molecule has 0 amide bonds. The lowest BCUT2D eigenvalue weighted by molar-refractivity contribution is -0.438. The number of carbonyl (C=O) groups is 1. The molecule has 362 valence electrons. The minimum atomic E-state index is -4.64. The summed E-state index contributed by atoms with van der Waals surface area (Å²) < 4.78 is 154. The van der Waals surface area contributed by atoms with Crippen LogP contribution in [0.1, 0.15) is 102 Å². The molecule has 0 aromatic heterocycles. The van der Waals surface area contributed by atoms with Crippen LogP contribution >= 0.6 is 0 Å². The predicted octanol–water partition coefficient (Wildman–Crippen LogP) is 6.16. The van der Waals surface area contributed by atoms with E-state index in [1.807, 2.05) is 29.4 Å². The third-order valence-electron chi connectivity index (χ3n) is 11.9. The Morgan fingerprint density at radius 3 is 1.98 bits per heavy atom. The van der Waals surface area contributed by atoms with Gasteiger partial charge in [0.25, 0.3) is 40.5 Å². The summed E-state index contributed by atoms with van der Waals surface area (Å²) in [5.74, 6) is -1.62. The molecule has 23 heteroatoms. The zero-order valence-electron chi connectivity index (χ0n) is 36.5. The number of hydrogen-bond acceptors (Lipinski definition) is 12. The third kappa shape index (κ3) is 14.7. The van der Waals surface area contributed by atoms with Crippen LogP contribution in [0.5, 0.6) is 0 Å². The summed E-state index contributed by atoms with van der Waals surface area (Å²) in [5, 5.41) is 9.17. The van der Waals surface area contributed by atoms with Crippen LogP contribution in [0, 0.1) is 0 Å². The number of rotatable bonds is 27. The quantitative estimate of drug-likeness (QED) is 0.0167. The number of anilines is 1. The number of aliphatic carboxylic acids is 1. The highest BCUT2D eigenvalue weighted by atomic mass is 32.2. The lowest BCUT2D eigenvalue weighted by Gasteiger charge is -2.30. The number of fused-ring (bicyclic) bond motifs is 2. The number of carboxylic acid groups (broad SMARTS) is 1. The van der Waals surface area contributed by atoms with Crippen LogP contribution < -0.4 is 4.90 Å². The second-order valence-electron chi connectivity index (χ2n) is 16.5. The van der Waals surface area contributed by atoms with E-state index in [0.717, 1.165) is 12.8 Å². The minimum absolute atomic E-state index is 0.00142. The molecule has 4 rings (SSSR count). The minimum Gasteiger partial charge on any atom is -0.481 e. The SMILES string of the molecule is COS(=O)(=O)CCCCC1(C)C(=CC=CC=CC2=[N+](CCCCCC(=O)O)c3ccc(S(=O)(=O)O)cc3C2(C)CCCCS(=O)O)N(CCCCS(=O)(=O)O)c2ccc(S(=O)(=O)O)cc21. The van der Waals surface area contributed by atoms with Gasteiger partial charge < -0.3 is 14.6 Å². The lowest BCUT2D eigenvalue weighted by Crippen LogP contribution is -2.31. The molecule has 65 heavy (non-hydrogen) atoms. The molecule has 0 spiro atoms. The number of benzene rings is 2. The van der Waals surface area contributed by atoms with Gasteiger partial charge in [-0.15, -0.1) is 0 Å².